The average molecular weight is 803 g/mol. The predicted octanol–water partition coefficient (Wildman–Crippen LogP) is 9.48. The molecule has 0 bridgehead atoms. The van der Waals surface area contributed by atoms with E-state index in [2.05, 4.69) is 32.7 Å². The molecule has 0 aliphatic heterocycles. The van der Waals surface area contributed by atoms with Crippen molar-refractivity contribution in [2.45, 2.75) is 0 Å². The molecule has 58 heavy (non-hydrogen) atoms. The number of hydrogen-bond donors (Lipinski definition) is 3. The van der Waals surface area contributed by atoms with Crippen LogP contribution < -0.4 is 26.1 Å². The van der Waals surface area contributed by atoms with E-state index in [-0.39, 0.29) is 34.7 Å². The molecule has 0 aliphatic carbocycles. The molecule has 15 heteroatoms. The van der Waals surface area contributed by atoms with Crippen LogP contribution in [0.4, 0.5) is 33.8 Å². The molecule has 7 aromatic rings. The Kier molecular flexibility index (Phi) is 11.5. The van der Waals surface area contributed by atoms with Crippen LogP contribution in [0, 0.1) is 22.7 Å². The highest BCUT2D eigenvalue weighted by atomic mass is 35.5. The van der Waals surface area contributed by atoms with Crippen molar-refractivity contribution < 1.29 is 9.53 Å². The van der Waals surface area contributed by atoms with Crippen LogP contribution in [-0.2, 0) is 0 Å². The molecule has 0 saturated heterocycles. The summed E-state index contributed by atoms with van der Waals surface area (Å²) in [6.45, 7) is 0. The van der Waals surface area contributed by atoms with E-state index in [1.807, 2.05) is 12.1 Å². The van der Waals surface area contributed by atoms with Gasteiger partial charge in [0.15, 0.2) is 0 Å². The molecule has 2 aromatic heterocycles. The number of ether oxygens (including phenoxy) is 1. The number of aromatic nitrogens is 4. The van der Waals surface area contributed by atoms with E-state index in [0.717, 1.165) is 5.01 Å². The second-order valence-electron chi connectivity index (χ2n) is 12.3. The molecular formula is C43H29Cl2N11O2. The Hall–Kier alpha value is -7.84. The Labute approximate surface area is 342 Å². The van der Waals surface area contributed by atoms with Gasteiger partial charge in [-0.05, 0) is 72.8 Å². The lowest BCUT2D eigenvalue weighted by molar-refractivity contribution is 0.254. The van der Waals surface area contributed by atoms with Crippen molar-refractivity contribution in [3.63, 3.8) is 0 Å². The van der Waals surface area contributed by atoms with E-state index >= 15 is 0 Å². The van der Waals surface area contributed by atoms with Crippen molar-refractivity contribution in [3.8, 4) is 40.1 Å². The van der Waals surface area contributed by atoms with Crippen molar-refractivity contribution >= 4 is 63.9 Å². The van der Waals surface area contributed by atoms with E-state index < -0.39 is 6.03 Å². The normalized spacial score (nSPS) is 10.4. The largest absolute Gasteiger partial charge is 0.497 e. The number of nitrogens with two attached hydrogens (primary N) is 1. The molecule has 5 aromatic carbocycles. The van der Waals surface area contributed by atoms with E-state index in [1.165, 1.54) is 7.11 Å². The highest BCUT2D eigenvalue weighted by Crippen LogP contribution is 2.36. The number of amides is 2. The zero-order valence-corrected chi connectivity index (χ0v) is 31.9. The van der Waals surface area contributed by atoms with Gasteiger partial charge in [0.1, 0.15) is 22.8 Å². The van der Waals surface area contributed by atoms with Crippen molar-refractivity contribution in [1.29, 1.82) is 10.5 Å². The van der Waals surface area contributed by atoms with Gasteiger partial charge in [-0.15, -0.1) is 0 Å². The van der Waals surface area contributed by atoms with Gasteiger partial charge >= 0.3 is 6.03 Å². The number of anilines is 5. The summed E-state index contributed by atoms with van der Waals surface area (Å²) in [7, 11) is 1.50. The lowest BCUT2D eigenvalue weighted by atomic mass is 9.97. The third-order valence-electron chi connectivity index (χ3n) is 8.60. The monoisotopic (exact) mass is 801 g/mol. The fourth-order valence-corrected chi connectivity index (χ4v) is 6.27. The first-order valence-corrected chi connectivity index (χ1v) is 18.1. The summed E-state index contributed by atoms with van der Waals surface area (Å²) in [5, 5.41) is 31.8. The first kappa shape index (κ1) is 38.4. The summed E-state index contributed by atoms with van der Waals surface area (Å²) >= 11 is 13.7. The summed E-state index contributed by atoms with van der Waals surface area (Å²) in [5.41, 5.74) is 10.9. The number of nitrogens with zero attached hydrogens (tertiary/aromatic N) is 8. The topological polar surface area (TPSA) is 191 Å². The molecular weight excluding hydrogens is 773 g/mol. The molecule has 282 valence electrons. The van der Waals surface area contributed by atoms with Gasteiger partial charge in [0.05, 0.1) is 36.1 Å². The van der Waals surface area contributed by atoms with Crippen molar-refractivity contribution in [1.82, 2.24) is 19.9 Å². The van der Waals surface area contributed by atoms with E-state index in [4.69, 9.17) is 48.7 Å². The van der Waals surface area contributed by atoms with Gasteiger partial charge in [0.25, 0.3) is 0 Å². The van der Waals surface area contributed by atoms with Crippen LogP contribution >= 0.6 is 23.2 Å². The van der Waals surface area contributed by atoms with Crippen LogP contribution in [0.1, 0.15) is 22.5 Å². The number of nitriles is 2. The van der Waals surface area contributed by atoms with Crippen molar-refractivity contribution in [2.24, 2.45) is 10.8 Å². The van der Waals surface area contributed by atoms with Gasteiger partial charge in [0, 0.05) is 62.1 Å². The van der Waals surface area contributed by atoms with Gasteiger partial charge in [-0.2, -0.15) is 20.6 Å². The zero-order chi connectivity index (χ0) is 40.6. The van der Waals surface area contributed by atoms with Gasteiger partial charge in [-0.3, -0.25) is 0 Å². The van der Waals surface area contributed by atoms with Crippen LogP contribution in [0.5, 0.6) is 5.75 Å². The molecule has 7 rings (SSSR count). The quantitative estimate of drug-likeness (QED) is 0.0838. The molecule has 0 saturated carbocycles. The minimum atomic E-state index is -0.931. The average Bonchev–Trinajstić information content (AvgIpc) is 3.25. The zero-order valence-electron chi connectivity index (χ0n) is 30.4. The van der Waals surface area contributed by atoms with E-state index in [9.17, 15) is 15.3 Å². The summed E-state index contributed by atoms with van der Waals surface area (Å²) in [6.07, 6.45) is 3.16. The Balaban J connectivity index is 1.54. The molecule has 13 nitrogen and oxygen atoms in total. The molecule has 0 radical (unpaired) electrons. The Bertz CT molecular complexity index is 2610. The standard InChI is InChI=1S/C43H29Cl2N11O2/c1-58-31-8-6-7-30(21-31)56(41(48)57)55-40(38-34(32-9-2-4-11-36(32)44)24-49-42(53-38)51-28-17-13-26(22-46)14-18-28)39-35(33-10-3-5-12-37(33)45)25-50-43(54-39)52-29-19-15-27(23-47)16-20-29/h2-21,24-25H,1H3,(H2,48,57)(H,49,51,53)(H,50,52,54). The third-order valence-corrected chi connectivity index (χ3v) is 9.26. The molecule has 0 aliphatic rings. The number of carbonyl (C=O) groups excluding carboxylic acids is 1. The number of hydrazone groups is 1. The van der Waals surface area contributed by atoms with Gasteiger partial charge in [-0.25, -0.2) is 24.7 Å². The minimum absolute atomic E-state index is 0.0435. The fourth-order valence-electron chi connectivity index (χ4n) is 5.80. The molecule has 0 spiro atoms. The number of halogens is 2. The maximum atomic E-state index is 13.5. The van der Waals surface area contributed by atoms with Crippen molar-refractivity contribution in [3.05, 3.63) is 166 Å². The van der Waals surface area contributed by atoms with Crippen LogP contribution in [0.3, 0.4) is 0 Å². The number of carbonyl (C=O) groups is 1. The molecule has 0 atom stereocenters. The number of rotatable bonds is 11. The van der Waals surface area contributed by atoms with Crippen LogP contribution in [0.15, 0.2) is 139 Å². The van der Waals surface area contributed by atoms with Gasteiger partial charge < -0.3 is 21.1 Å². The maximum Gasteiger partial charge on any atom is 0.340 e. The number of urea groups is 1. The van der Waals surface area contributed by atoms with Crippen LogP contribution in [0.2, 0.25) is 10.0 Å². The lowest BCUT2D eigenvalue weighted by Crippen LogP contribution is -2.33. The second kappa shape index (κ2) is 17.3. The molecule has 2 heterocycles. The maximum absolute atomic E-state index is 13.5. The smallest absolute Gasteiger partial charge is 0.340 e. The first-order chi connectivity index (χ1) is 28.2. The number of primary amides is 1. The van der Waals surface area contributed by atoms with Crippen LogP contribution in [-0.4, -0.2) is 38.8 Å². The van der Waals surface area contributed by atoms with Crippen LogP contribution in [0.25, 0.3) is 22.3 Å². The molecule has 0 fully saturated rings. The van der Waals surface area contributed by atoms with Crippen molar-refractivity contribution in [2.75, 3.05) is 22.8 Å². The highest BCUT2D eigenvalue weighted by Gasteiger charge is 2.27. The molecule has 4 N–H and O–H groups in total. The summed E-state index contributed by atoms with van der Waals surface area (Å²) < 4.78 is 5.46. The Morgan fingerprint density at radius 3 is 1.60 bits per heavy atom. The summed E-state index contributed by atoms with van der Waals surface area (Å²) in [5.74, 6) is 0.722. The van der Waals surface area contributed by atoms with Gasteiger partial charge in [0.2, 0.25) is 11.9 Å². The fraction of sp³-hybridized carbons (Fsp3) is 0.0233. The lowest BCUT2D eigenvalue weighted by Gasteiger charge is -2.21. The highest BCUT2D eigenvalue weighted by molar-refractivity contribution is 6.34. The predicted molar refractivity (Wildman–Crippen MR) is 225 cm³/mol. The summed E-state index contributed by atoms with van der Waals surface area (Å²) in [4.78, 5) is 32.8. The number of benzene rings is 5. The Morgan fingerprint density at radius 2 is 1.17 bits per heavy atom. The summed E-state index contributed by atoms with van der Waals surface area (Å²) in [6, 6.07) is 37.7. The first-order valence-electron chi connectivity index (χ1n) is 17.4. The molecule has 2 amide bonds. The Morgan fingerprint density at radius 1 is 0.690 bits per heavy atom. The third kappa shape index (κ3) is 8.51. The number of nitrogens with one attached hydrogen (secondary N) is 2. The number of hydrogen-bond acceptors (Lipinski definition) is 11. The minimum Gasteiger partial charge on any atom is -0.497 e. The van der Waals surface area contributed by atoms with Gasteiger partial charge in [-0.1, -0.05) is 65.7 Å². The molecule has 0 unspecified atom stereocenters. The second-order valence-corrected chi connectivity index (χ2v) is 13.1. The number of methoxy groups -OCH3 is 1. The van der Waals surface area contributed by atoms with E-state index in [0.29, 0.717) is 60.6 Å². The SMILES string of the molecule is COc1cccc(N(N=C(c2nc(Nc3ccc(C#N)cc3)ncc2-c2ccccc2Cl)c2nc(Nc3ccc(C#N)cc3)ncc2-c2ccccc2Cl)C(N)=O)c1. The van der Waals surface area contributed by atoms with E-state index in [1.54, 1.807) is 122 Å².